The Kier molecular flexibility index (Phi) is 3.73. The molecule has 1 atom stereocenters. The molecule has 0 aromatic heterocycles. The summed E-state index contributed by atoms with van der Waals surface area (Å²) in [7, 11) is 3.42. The molecule has 120 valence electrons. The zero-order chi connectivity index (χ0) is 16.5. The van der Waals surface area contributed by atoms with Gasteiger partial charge in [0.05, 0.1) is 14.2 Å². The van der Waals surface area contributed by atoms with Crippen LogP contribution in [0.15, 0.2) is 66.7 Å². The number of hydrogen-bond donors (Lipinski definition) is 0. The predicted octanol–water partition coefficient (Wildman–Crippen LogP) is 5.06. The number of benzene rings is 3. The van der Waals surface area contributed by atoms with E-state index in [1.54, 1.807) is 14.2 Å². The van der Waals surface area contributed by atoms with E-state index in [1.165, 1.54) is 27.8 Å². The van der Waals surface area contributed by atoms with Gasteiger partial charge in [-0.1, -0.05) is 60.7 Å². The van der Waals surface area contributed by atoms with Crippen molar-refractivity contribution < 1.29 is 9.47 Å². The second kappa shape index (κ2) is 6.04. The molecule has 0 aliphatic heterocycles. The fraction of sp³-hybridized carbons (Fsp3) is 0.182. The van der Waals surface area contributed by atoms with Crippen molar-refractivity contribution >= 4 is 0 Å². The highest BCUT2D eigenvalue weighted by Crippen LogP contribution is 2.52. The minimum Gasteiger partial charge on any atom is -0.493 e. The Morgan fingerprint density at radius 3 is 2.25 bits per heavy atom. The van der Waals surface area contributed by atoms with Crippen LogP contribution in [0.25, 0.3) is 11.1 Å². The first-order valence-electron chi connectivity index (χ1n) is 8.21. The summed E-state index contributed by atoms with van der Waals surface area (Å²) in [6.45, 7) is 0. The van der Waals surface area contributed by atoms with E-state index in [9.17, 15) is 0 Å². The van der Waals surface area contributed by atoms with Crippen LogP contribution >= 0.6 is 0 Å². The highest BCUT2D eigenvalue weighted by atomic mass is 16.5. The third-order valence-electron chi connectivity index (χ3n) is 4.84. The maximum absolute atomic E-state index is 5.75. The molecule has 3 aromatic carbocycles. The summed E-state index contributed by atoms with van der Waals surface area (Å²) in [4.78, 5) is 0. The maximum atomic E-state index is 5.75. The summed E-state index contributed by atoms with van der Waals surface area (Å²) in [5.41, 5.74) is 6.48. The Hall–Kier alpha value is -2.74. The van der Waals surface area contributed by atoms with Crippen molar-refractivity contribution in [3.63, 3.8) is 0 Å². The van der Waals surface area contributed by atoms with E-state index in [0.29, 0.717) is 0 Å². The van der Waals surface area contributed by atoms with Crippen LogP contribution < -0.4 is 9.47 Å². The van der Waals surface area contributed by atoms with E-state index in [0.717, 1.165) is 17.9 Å². The molecule has 0 saturated carbocycles. The smallest absolute Gasteiger partial charge is 0.165 e. The van der Waals surface area contributed by atoms with Crippen LogP contribution in [0.4, 0.5) is 0 Å². The van der Waals surface area contributed by atoms with Gasteiger partial charge in [0, 0.05) is 11.5 Å². The minimum absolute atomic E-state index is 0.281. The summed E-state index contributed by atoms with van der Waals surface area (Å²) >= 11 is 0. The summed E-state index contributed by atoms with van der Waals surface area (Å²) < 4.78 is 11.3. The second-order valence-corrected chi connectivity index (χ2v) is 6.09. The van der Waals surface area contributed by atoms with E-state index in [-0.39, 0.29) is 5.92 Å². The normalized spacial score (nSPS) is 14.8. The van der Waals surface area contributed by atoms with Crippen molar-refractivity contribution in [2.24, 2.45) is 0 Å². The topological polar surface area (TPSA) is 18.5 Å². The molecule has 1 aliphatic rings. The summed E-state index contributed by atoms with van der Waals surface area (Å²) in [6, 6.07) is 23.4. The molecule has 0 heterocycles. The fourth-order valence-corrected chi connectivity index (χ4v) is 3.80. The van der Waals surface area contributed by atoms with Crippen molar-refractivity contribution in [1.82, 2.24) is 0 Å². The molecular weight excluding hydrogens is 296 g/mol. The molecule has 0 N–H and O–H groups in total. The summed E-state index contributed by atoms with van der Waals surface area (Å²) in [6.07, 6.45) is 0.953. The molecule has 0 amide bonds. The van der Waals surface area contributed by atoms with E-state index >= 15 is 0 Å². The SMILES string of the molecule is COc1ccc2c(c1OC)C(Cc1ccccc1)c1ccccc1-2. The summed E-state index contributed by atoms with van der Waals surface area (Å²) in [5.74, 6) is 1.93. The number of rotatable bonds is 4. The van der Waals surface area contributed by atoms with Gasteiger partial charge in [-0.15, -0.1) is 0 Å². The van der Waals surface area contributed by atoms with E-state index in [1.807, 2.05) is 6.07 Å². The van der Waals surface area contributed by atoms with Crippen LogP contribution in [-0.4, -0.2) is 14.2 Å². The molecule has 24 heavy (non-hydrogen) atoms. The maximum Gasteiger partial charge on any atom is 0.165 e. The number of fused-ring (bicyclic) bond motifs is 3. The van der Waals surface area contributed by atoms with Gasteiger partial charge in [0.15, 0.2) is 11.5 Å². The van der Waals surface area contributed by atoms with E-state index in [4.69, 9.17) is 9.47 Å². The lowest BCUT2D eigenvalue weighted by Gasteiger charge is -2.18. The van der Waals surface area contributed by atoms with Gasteiger partial charge in [0.1, 0.15) is 0 Å². The van der Waals surface area contributed by atoms with Crippen LogP contribution in [0.1, 0.15) is 22.6 Å². The van der Waals surface area contributed by atoms with Crippen molar-refractivity contribution in [2.75, 3.05) is 14.2 Å². The van der Waals surface area contributed by atoms with Gasteiger partial charge in [0.2, 0.25) is 0 Å². The van der Waals surface area contributed by atoms with Gasteiger partial charge in [0.25, 0.3) is 0 Å². The molecule has 0 fully saturated rings. The van der Waals surface area contributed by atoms with Gasteiger partial charge in [-0.3, -0.25) is 0 Å². The number of ether oxygens (including phenoxy) is 2. The zero-order valence-corrected chi connectivity index (χ0v) is 14.0. The highest BCUT2D eigenvalue weighted by Gasteiger charge is 2.33. The molecule has 0 saturated heterocycles. The monoisotopic (exact) mass is 316 g/mol. The quantitative estimate of drug-likeness (QED) is 0.670. The van der Waals surface area contributed by atoms with Crippen molar-refractivity contribution in [1.29, 1.82) is 0 Å². The molecule has 0 spiro atoms. The van der Waals surface area contributed by atoms with Crippen LogP contribution in [0.5, 0.6) is 11.5 Å². The first kappa shape index (κ1) is 14.8. The van der Waals surface area contributed by atoms with Gasteiger partial charge in [-0.05, 0) is 34.7 Å². The van der Waals surface area contributed by atoms with Gasteiger partial charge >= 0.3 is 0 Å². The molecule has 1 aliphatic carbocycles. The Balaban J connectivity index is 1.91. The van der Waals surface area contributed by atoms with E-state index < -0.39 is 0 Å². The first-order chi connectivity index (χ1) is 11.8. The minimum atomic E-state index is 0.281. The number of methoxy groups -OCH3 is 2. The van der Waals surface area contributed by atoms with Gasteiger partial charge in [-0.25, -0.2) is 0 Å². The second-order valence-electron chi connectivity index (χ2n) is 6.09. The molecule has 1 unspecified atom stereocenters. The average Bonchev–Trinajstić information content (AvgIpc) is 2.96. The Bertz CT molecular complexity index is 868. The standard InChI is InChI=1S/C22H20O2/c1-23-20-13-12-18-16-10-6-7-11-17(16)19(21(18)22(20)24-2)14-15-8-4-3-5-9-15/h3-13,19H,14H2,1-2H3. The lowest BCUT2D eigenvalue weighted by atomic mass is 9.89. The zero-order valence-electron chi connectivity index (χ0n) is 14.0. The third kappa shape index (κ3) is 2.26. The molecule has 3 aromatic rings. The lowest BCUT2D eigenvalue weighted by molar-refractivity contribution is 0.351. The number of hydrogen-bond acceptors (Lipinski definition) is 2. The fourth-order valence-electron chi connectivity index (χ4n) is 3.80. The molecule has 2 nitrogen and oxygen atoms in total. The molecule has 0 bridgehead atoms. The van der Waals surface area contributed by atoms with Crippen LogP contribution in [0, 0.1) is 0 Å². The van der Waals surface area contributed by atoms with Crippen molar-refractivity contribution in [3.05, 3.63) is 83.4 Å². The van der Waals surface area contributed by atoms with E-state index in [2.05, 4.69) is 60.7 Å². The molecule has 2 heteroatoms. The van der Waals surface area contributed by atoms with Gasteiger partial charge in [-0.2, -0.15) is 0 Å². The molecule has 4 rings (SSSR count). The first-order valence-corrected chi connectivity index (χ1v) is 8.21. The molecular formula is C22H20O2. The van der Waals surface area contributed by atoms with Crippen LogP contribution in [-0.2, 0) is 6.42 Å². The molecule has 0 radical (unpaired) electrons. The Labute approximate surface area is 142 Å². The van der Waals surface area contributed by atoms with Crippen molar-refractivity contribution in [3.8, 4) is 22.6 Å². The van der Waals surface area contributed by atoms with Gasteiger partial charge < -0.3 is 9.47 Å². The van der Waals surface area contributed by atoms with Crippen LogP contribution in [0.3, 0.4) is 0 Å². The third-order valence-corrected chi connectivity index (χ3v) is 4.84. The van der Waals surface area contributed by atoms with Crippen LogP contribution in [0.2, 0.25) is 0 Å². The highest BCUT2D eigenvalue weighted by molar-refractivity contribution is 5.82. The Morgan fingerprint density at radius 2 is 1.50 bits per heavy atom. The predicted molar refractivity (Wildman–Crippen MR) is 97.0 cm³/mol. The average molecular weight is 316 g/mol. The largest absolute Gasteiger partial charge is 0.493 e. The lowest BCUT2D eigenvalue weighted by Crippen LogP contribution is -2.04. The Morgan fingerprint density at radius 1 is 0.750 bits per heavy atom. The summed E-state index contributed by atoms with van der Waals surface area (Å²) in [5, 5.41) is 0. The van der Waals surface area contributed by atoms with Crippen molar-refractivity contribution in [2.45, 2.75) is 12.3 Å².